The van der Waals surface area contributed by atoms with Crippen molar-refractivity contribution < 1.29 is 9.15 Å². The molecule has 3 heteroatoms. The van der Waals surface area contributed by atoms with Gasteiger partial charge in [0.05, 0.1) is 18.8 Å². The van der Waals surface area contributed by atoms with Crippen molar-refractivity contribution in [2.24, 2.45) is 0 Å². The van der Waals surface area contributed by atoms with Crippen LogP contribution in [0.15, 0.2) is 59.2 Å². The van der Waals surface area contributed by atoms with Crippen LogP contribution in [0.5, 0.6) is 5.75 Å². The molecule has 1 unspecified atom stereocenters. The average molecular weight is 287 g/mol. The summed E-state index contributed by atoms with van der Waals surface area (Å²) in [6.07, 6.45) is 2.45. The summed E-state index contributed by atoms with van der Waals surface area (Å²) in [6, 6.07) is 15.9. The molecular formula is C17H15ClO2. The number of benzene rings is 2. The van der Waals surface area contributed by atoms with Crippen LogP contribution in [0, 0.1) is 0 Å². The normalized spacial score (nSPS) is 12.5. The Bertz CT molecular complexity index is 718. The largest absolute Gasteiger partial charge is 0.496 e. The summed E-state index contributed by atoms with van der Waals surface area (Å²) in [4.78, 5) is 0. The van der Waals surface area contributed by atoms with E-state index in [1.165, 1.54) is 0 Å². The molecule has 0 amide bonds. The second kappa shape index (κ2) is 5.59. The van der Waals surface area contributed by atoms with E-state index in [-0.39, 0.29) is 5.38 Å². The lowest BCUT2D eigenvalue weighted by Gasteiger charge is -2.11. The lowest BCUT2D eigenvalue weighted by atomic mass is 10.0. The maximum absolute atomic E-state index is 6.57. The van der Waals surface area contributed by atoms with Gasteiger partial charge in [0.15, 0.2) is 0 Å². The lowest BCUT2D eigenvalue weighted by molar-refractivity contribution is 0.409. The van der Waals surface area contributed by atoms with Crippen molar-refractivity contribution >= 4 is 22.6 Å². The molecule has 0 aliphatic carbocycles. The summed E-state index contributed by atoms with van der Waals surface area (Å²) < 4.78 is 10.9. The Morgan fingerprint density at radius 3 is 2.70 bits per heavy atom. The molecule has 102 valence electrons. The fourth-order valence-electron chi connectivity index (χ4n) is 2.42. The molecule has 20 heavy (non-hydrogen) atoms. The number of rotatable bonds is 4. The fraction of sp³-hybridized carbons (Fsp3) is 0.176. The Labute approximate surface area is 122 Å². The van der Waals surface area contributed by atoms with Crippen molar-refractivity contribution in [2.75, 3.05) is 7.11 Å². The molecule has 2 aromatic carbocycles. The topological polar surface area (TPSA) is 22.4 Å². The van der Waals surface area contributed by atoms with Crippen LogP contribution in [0.3, 0.4) is 0 Å². The predicted molar refractivity (Wildman–Crippen MR) is 81.5 cm³/mol. The highest BCUT2D eigenvalue weighted by atomic mass is 35.5. The molecule has 0 aliphatic rings. The number of fused-ring (bicyclic) bond motifs is 1. The number of hydrogen-bond acceptors (Lipinski definition) is 2. The van der Waals surface area contributed by atoms with E-state index in [0.29, 0.717) is 6.42 Å². The summed E-state index contributed by atoms with van der Waals surface area (Å²) in [5.41, 5.74) is 2.99. The van der Waals surface area contributed by atoms with E-state index < -0.39 is 0 Å². The zero-order valence-corrected chi connectivity index (χ0v) is 11.9. The number of para-hydroxylation sites is 2. The number of hydrogen-bond donors (Lipinski definition) is 0. The molecule has 0 bridgehead atoms. The first-order valence-electron chi connectivity index (χ1n) is 6.51. The zero-order chi connectivity index (χ0) is 13.9. The number of furan rings is 1. The molecule has 0 spiro atoms. The van der Waals surface area contributed by atoms with Gasteiger partial charge in [-0.3, -0.25) is 0 Å². The van der Waals surface area contributed by atoms with Gasteiger partial charge >= 0.3 is 0 Å². The summed E-state index contributed by atoms with van der Waals surface area (Å²) in [7, 11) is 1.68. The maximum atomic E-state index is 6.57. The van der Waals surface area contributed by atoms with Crippen molar-refractivity contribution in [1.29, 1.82) is 0 Å². The van der Waals surface area contributed by atoms with Crippen molar-refractivity contribution in [2.45, 2.75) is 11.8 Å². The Kier molecular flexibility index (Phi) is 3.66. The second-order valence-corrected chi connectivity index (χ2v) is 5.20. The van der Waals surface area contributed by atoms with Gasteiger partial charge in [-0.1, -0.05) is 36.4 Å². The third-order valence-electron chi connectivity index (χ3n) is 3.44. The van der Waals surface area contributed by atoms with Crippen molar-refractivity contribution in [1.82, 2.24) is 0 Å². The fourth-order valence-corrected chi connectivity index (χ4v) is 2.75. The first-order valence-corrected chi connectivity index (χ1v) is 6.95. The number of ether oxygens (including phenoxy) is 1. The lowest BCUT2D eigenvalue weighted by Crippen LogP contribution is -1.98. The van der Waals surface area contributed by atoms with Crippen molar-refractivity contribution in [3.8, 4) is 5.75 Å². The zero-order valence-electron chi connectivity index (χ0n) is 11.2. The molecule has 1 aromatic heterocycles. The summed E-state index contributed by atoms with van der Waals surface area (Å²) in [5, 5.41) is 0.928. The van der Waals surface area contributed by atoms with Gasteiger partial charge in [-0.05, 0) is 24.1 Å². The Hall–Kier alpha value is -1.93. The quantitative estimate of drug-likeness (QED) is 0.632. The molecule has 1 heterocycles. The Morgan fingerprint density at radius 2 is 1.85 bits per heavy atom. The Morgan fingerprint density at radius 1 is 1.10 bits per heavy atom. The third kappa shape index (κ3) is 2.39. The highest BCUT2D eigenvalue weighted by molar-refractivity contribution is 6.21. The van der Waals surface area contributed by atoms with Gasteiger partial charge in [0.25, 0.3) is 0 Å². The van der Waals surface area contributed by atoms with E-state index in [2.05, 4.69) is 0 Å². The van der Waals surface area contributed by atoms with Crippen LogP contribution in [-0.4, -0.2) is 7.11 Å². The molecule has 1 atom stereocenters. The first-order chi connectivity index (χ1) is 9.79. The van der Waals surface area contributed by atoms with Crippen LogP contribution in [-0.2, 0) is 6.42 Å². The summed E-state index contributed by atoms with van der Waals surface area (Å²) in [6.45, 7) is 0. The number of alkyl halides is 1. The molecule has 0 saturated carbocycles. The van der Waals surface area contributed by atoms with Crippen LogP contribution < -0.4 is 4.74 Å². The molecule has 2 nitrogen and oxygen atoms in total. The van der Waals surface area contributed by atoms with Crippen molar-refractivity contribution in [3.63, 3.8) is 0 Å². The van der Waals surface area contributed by atoms with Gasteiger partial charge in [0.1, 0.15) is 11.3 Å². The summed E-state index contributed by atoms with van der Waals surface area (Å²) in [5.74, 6) is 0.867. The molecule has 3 aromatic rings. The van der Waals surface area contributed by atoms with Crippen molar-refractivity contribution in [3.05, 3.63) is 65.9 Å². The highest BCUT2D eigenvalue weighted by Crippen LogP contribution is 2.34. The minimum Gasteiger partial charge on any atom is -0.496 e. The molecule has 0 radical (unpaired) electrons. The number of halogens is 1. The second-order valence-electron chi connectivity index (χ2n) is 4.67. The highest BCUT2D eigenvalue weighted by Gasteiger charge is 2.16. The van der Waals surface area contributed by atoms with E-state index in [1.807, 2.05) is 48.5 Å². The molecule has 0 fully saturated rings. The molecular weight excluding hydrogens is 272 g/mol. The third-order valence-corrected chi connectivity index (χ3v) is 3.83. The van der Waals surface area contributed by atoms with Gasteiger partial charge in [-0.25, -0.2) is 0 Å². The average Bonchev–Trinajstić information content (AvgIpc) is 2.92. The van der Waals surface area contributed by atoms with Crippen LogP contribution >= 0.6 is 11.6 Å². The molecule has 0 N–H and O–H groups in total. The molecule has 0 aliphatic heterocycles. The van der Waals surface area contributed by atoms with E-state index in [0.717, 1.165) is 27.8 Å². The van der Waals surface area contributed by atoms with E-state index in [9.17, 15) is 0 Å². The summed E-state index contributed by atoms with van der Waals surface area (Å²) >= 11 is 6.57. The predicted octanol–water partition coefficient (Wildman–Crippen LogP) is 4.96. The van der Waals surface area contributed by atoms with Gasteiger partial charge in [0, 0.05) is 10.9 Å². The van der Waals surface area contributed by atoms with Gasteiger partial charge < -0.3 is 9.15 Å². The standard InChI is InChI=1S/C17H15ClO2/c1-19-16-8-4-2-6-12(16)10-15(18)14-11-20-17-9-5-3-7-13(14)17/h2-9,11,15H,10H2,1H3. The maximum Gasteiger partial charge on any atom is 0.134 e. The SMILES string of the molecule is COc1ccccc1CC(Cl)c1coc2ccccc12. The van der Waals surface area contributed by atoms with Crippen LogP contribution in [0.4, 0.5) is 0 Å². The van der Waals surface area contributed by atoms with Crippen LogP contribution in [0.1, 0.15) is 16.5 Å². The van der Waals surface area contributed by atoms with Crippen LogP contribution in [0.25, 0.3) is 11.0 Å². The van der Waals surface area contributed by atoms with E-state index in [4.69, 9.17) is 20.8 Å². The number of methoxy groups -OCH3 is 1. The smallest absolute Gasteiger partial charge is 0.134 e. The van der Waals surface area contributed by atoms with Crippen LogP contribution in [0.2, 0.25) is 0 Å². The Balaban J connectivity index is 1.91. The van der Waals surface area contributed by atoms with Gasteiger partial charge in [-0.15, -0.1) is 11.6 Å². The molecule has 0 saturated heterocycles. The molecule has 3 rings (SSSR count). The first kappa shape index (κ1) is 13.1. The minimum atomic E-state index is -0.144. The minimum absolute atomic E-state index is 0.144. The van der Waals surface area contributed by atoms with Gasteiger partial charge in [-0.2, -0.15) is 0 Å². The van der Waals surface area contributed by atoms with E-state index in [1.54, 1.807) is 13.4 Å². The van der Waals surface area contributed by atoms with Gasteiger partial charge in [0.2, 0.25) is 0 Å². The van der Waals surface area contributed by atoms with E-state index >= 15 is 0 Å². The monoisotopic (exact) mass is 286 g/mol.